The first-order valence-electron chi connectivity index (χ1n) is 9.56. The van der Waals surface area contributed by atoms with Crippen LogP contribution in [-0.2, 0) is 13.0 Å². The van der Waals surface area contributed by atoms with Crippen molar-refractivity contribution in [3.05, 3.63) is 71.3 Å². The quantitative estimate of drug-likeness (QED) is 0.932. The molecular formula is C22H28N2O. The Bertz CT molecular complexity index is 679. The van der Waals surface area contributed by atoms with Gasteiger partial charge in [-0.25, -0.2) is 0 Å². The van der Waals surface area contributed by atoms with Crippen molar-refractivity contribution in [3.8, 4) is 0 Å². The first kappa shape index (κ1) is 16.8. The van der Waals surface area contributed by atoms with E-state index in [1.165, 1.54) is 24.0 Å². The van der Waals surface area contributed by atoms with Gasteiger partial charge in [0, 0.05) is 25.7 Å². The van der Waals surface area contributed by atoms with Crippen molar-refractivity contribution in [3.63, 3.8) is 0 Å². The number of piperidine rings is 1. The fourth-order valence-electron chi connectivity index (χ4n) is 4.38. The van der Waals surface area contributed by atoms with E-state index in [9.17, 15) is 5.11 Å². The number of fused-ring (bicyclic) bond motifs is 1. The Morgan fingerprint density at radius 3 is 2.40 bits per heavy atom. The molecule has 25 heavy (non-hydrogen) atoms. The lowest BCUT2D eigenvalue weighted by Crippen LogP contribution is -2.46. The average molecular weight is 336 g/mol. The van der Waals surface area contributed by atoms with Gasteiger partial charge in [-0.1, -0.05) is 54.6 Å². The Morgan fingerprint density at radius 1 is 0.880 bits per heavy atom. The molecule has 3 heteroatoms. The molecule has 0 aliphatic carbocycles. The number of β-amino-alcohol motifs (C(OH)–C–C–N with tert-alkyl or cyclic N) is 1. The van der Waals surface area contributed by atoms with Gasteiger partial charge in [0.25, 0.3) is 0 Å². The summed E-state index contributed by atoms with van der Waals surface area (Å²) in [6.07, 6.45) is 3.12. The molecule has 3 nitrogen and oxygen atoms in total. The second-order valence-corrected chi connectivity index (χ2v) is 7.45. The zero-order chi connectivity index (χ0) is 17.1. The van der Waals surface area contributed by atoms with Gasteiger partial charge in [0.15, 0.2) is 0 Å². The van der Waals surface area contributed by atoms with E-state index in [2.05, 4.69) is 58.3 Å². The van der Waals surface area contributed by atoms with E-state index in [1.54, 1.807) is 0 Å². The first-order chi connectivity index (χ1) is 12.3. The van der Waals surface area contributed by atoms with Gasteiger partial charge < -0.3 is 5.11 Å². The summed E-state index contributed by atoms with van der Waals surface area (Å²) in [5.41, 5.74) is 3.85. The minimum atomic E-state index is -0.346. The topological polar surface area (TPSA) is 26.7 Å². The fourth-order valence-corrected chi connectivity index (χ4v) is 4.38. The van der Waals surface area contributed by atoms with Crippen molar-refractivity contribution in [1.29, 1.82) is 0 Å². The third-order valence-electron chi connectivity index (χ3n) is 5.81. The molecule has 1 atom stereocenters. The van der Waals surface area contributed by atoms with Crippen LogP contribution in [0.15, 0.2) is 54.6 Å². The normalized spacial score (nSPS) is 23.2. The van der Waals surface area contributed by atoms with Crippen molar-refractivity contribution < 1.29 is 5.11 Å². The van der Waals surface area contributed by atoms with Crippen LogP contribution in [0.3, 0.4) is 0 Å². The van der Waals surface area contributed by atoms with E-state index >= 15 is 0 Å². The van der Waals surface area contributed by atoms with Gasteiger partial charge in [-0.05, 0) is 49.0 Å². The number of hydrogen-bond acceptors (Lipinski definition) is 3. The Labute approximate surface area is 150 Å². The molecular weight excluding hydrogens is 308 g/mol. The van der Waals surface area contributed by atoms with Crippen molar-refractivity contribution in [2.45, 2.75) is 38.0 Å². The molecule has 0 aromatic heterocycles. The molecule has 2 heterocycles. The number of rotatable bonds is 3. The molecule has 0 radical (unpaired) electrons. The number of benzene rings is 2. The first-order valence-corrected chi connectivity index (χ1v) is 9.56. The highest BCUT2D eigenvalue weighted by Crippen LogP contribution is 2.27. The summed E-state index contributed by atoms with van der Waals surface area (Å²) in [7, 11) is 0. The van der Waals surface area contributed by atoms with Crippen molar-refractivity contribution in [1.82, 2.24) is 9.80 Å². The number of aliphatic hydroxyl groups is 1. The highest BCUT2D eigenvalue weighted by Gasteiger charge is 2.28. The minimum Gasteiger partial charge on any atom is -0.387 e. The van der Waals surface area contributed by atoms with E-state index in [1.807, 2.05) is 6.07 Å². The molecule has 1 saturated heterocycles. The van der Waals surface area contributed by atoms with Gasteiger partial charge in [0.1, 0.15) is 0 Å². The number of aliphatic hydroxyl groups excluding tert-OH is 1. The Kier molecular flexibility index (Phi) is 5.16. The number of hydrogen-bond donors (Lipinski definition) is 1. The standard InChI is InChI=1S/C22H28N2O/c25-22-17-24(15-10-19-8-4-5-9-21(19)22)20-11-13-23(14-12-20)16-18-6-2-1-3-7-18/h1-9,20,22,25H,10-17H2. The van der Waals surface area contributed by atoms with Crippen LogP contribution in [0.1, 0.15) is 35.6 Å². The largest absolute Gasteiger partial charge is 0.387 e. The molecule has 1 N–H and O–H groups in total. The molecule has 2 aliphatic heterocycles. The Hall–Kier alpha value is -1.68. The van der Waals surface area contributed by atoms with Crippen molar-refractivity contribution in [2.75, 3.05) is 26.2 Å². The van der Waals surface area contributed by atoms with E-state index in [4.69, 9.17) is 0 Å². The summed E-state index contributed by atoms with van der Waals surface area (Å²) in [4.78, 5) is 5.10. The van der Waals surface area contributed by atoms with Crippen LogP contribution in [0.2, 0.25) is 0 Å². The molecule has 0 amide bonds. The molecule has 0 bridgehead atoms. The van der Waals surface area contributed by atoms with Gasteiger partial charge in [-0.3, -0.25) is 9.80 Å². The Balaban J connectivity index is 1.34. The number of likely N-dealkylation sites (tertiary alicyclic amines) is 1. The minimum absolute atomic E-state index is 0.346. The molecule has 0 saturated carbocycles. The summed E-state index contributed by atoms with van der Waals surface area (Å²) in [5.74, 6) is 0. The molecule has 2 aromatic rings. The van der Waals surface area contributed by atoms with E-state index in [0.717, 1.165) is 44.7 Å². The van der Waals surface area contributed by atoms with Crippen LogP contribution in [-0.4, -0.2) is 47.1 Å². The average Bonchev–Trinajstić information content (AvgIpc) is 2.83. The maximum absolute atomic E-state index is 10.6. The molecule has 2 aromatic carbocycles. The summed E-state index contributed by atoms with van der Waals surface area (Å²) in [6.45, 7) is 5.21. The van der Waals surface area contributed by atoms with Crippen molar-refractivity contribution in [2.24, 2.45) is 0 Å². The molecule has 1 fully saturated rings. The molecule has 4 rings (SSSR count). The summed E-state index contributed by atoms with van der Waals surface area (Å²) in [5, 5.41) is 10.6. The van der Waals surface area contributed by atoms with E-state index in [-0.39, 0.29) is 6.10 Å². The monoisotopic (exact) mass is 336 g/mol. The van der Waals surface area contributed by atoms with Gasteiger partial charge in [0.2, 0.25) is 0 Å². The van der Waals surface area contributed by atoms with Crippen LogP contribution in [0.25, 0.3) is 0 Å². The fraction of sp³-hybridized carbons (Fsp3) is 0.455. The van der Waals surface area contributed by atoms with E-state index < -0.39 is 0 Å². The zero-order valence-electron chi connectivity index (χ0n) is 14.8. The lowest BCUT2D eigenvalue weighted by Gasteiger charge is -2.38. The summed E-state index contributed by atoms with van der Waals surface area (Å²) >= 11 is 0. The van der Waals surface area contributed by atoms with Crippen molar-refractivity contribution >= 4 is 0 Å². The van der Waals surface area contributed by atoms with Gasteiger partial charge >= 0.3 is 0 Å². The SMILES string of the molecule is OC1CN(C2CCN(Cc3ccccc3)CC2)CCc2ccccc21. The van der Waals surface area contributed by atoms with Crippen LogP contribution >= 0.6 is 0 Å². The van der Waals surface area contributed by atoms with Gasteiger partial charge in [-0.2, -0.15) is 0 Å². The molecule has 132 valence electrons. The third-order valence-corrected chi connectivity index (χ3v) is 5.81. The van der Waals surface area contributed by atoms with Crippen LogP contribution in [0.4, 0.5) is 0 Å². The van der Waals surface area contributed by atoms with Crippen LogP contribution in [0, 0.1) is 0 Å². The summed E-state index contributed by atoms with van der Waals surface area (Å²) < 4.78 is 0. The van der Waals surface area contributed by atoms with E-state index in [0.29, 0.717) is 6.04 Å². The van der Waals surface area contributed by atoms with Gasteiger partial charge in [-0.15, -0.1) is 0 Å². The lowest BCUT2D eigenvalue weighted by molar-refractivity contribution is 0.0606. The molecule has 1 unspecified atom stereocenters. The number of nitrogens with zero attached hydrogens (tertiary/aromatic N) is 2. The maximum Gasteiger partial charge on any atom is 0.0919 e. The lowest BCUT2D eigenvalue weighted by atomic mass is 10.0. The summed E-state index contributed by atoms with van der Waals surface area (Å²) in [6, 6.07) is 19.8. The van der Waals surface area contributed by atoms with Crippen LogP contribution in [0.5, 0.6) is 0 Å². The zero-order valence-corrected chi connectivity index (χ0v) is 14.8. The smallest absolute Gasteiger partial charge is 0.0919 e. The van der Waals surface area contributed by atoms with Crippen LogP contribution < -0.4 is 0 Å². The van der Waals surface area contributed by atoms with Gasteiger partial charge in [0.05, 0.1) is 6.10 Å². The second-order valence-electron chi connectivity index (χ2n) is 7.45. The highest BCUT2D eigenvalue weighted by atomic mass is 16.3. The molecule has 2 aliphatic rings. The second kappa shape index (κ2) is 7.69. The predicted molar refractivity (Wildman–Crippen MR) is 101 cm³/mol. The maximum atomic E-state index is 10.6. The molecule has 0 spiro atoms. The predicted octanol–water partition coefficient (Wildman–Crippen LogP) is 3.24. The Morgan fingerprint density at radius 2 is 1.60 bits per heavy atom. The highest BCUT2D eigenvalue weighted by molar-refractivity contribution is 5.30. The third kappa shape index (κ3) is 3.95.